The van der Waals surface area contributed by atoms with Crippen molar-refractivity contribution in [1.29, 1.82) is 0 Å². The van der Waals surface area contributed by atoms with Crippen molar-refractivity contribution in [2.45, 2.75) is 23.4 Å². The lowest BCUT2D eigenvalue weighted by molar-refractivity contribution is -0.439. The number of carbonyl (C=O) groups is 1. The monoisotopic (exact) mass is 328 g/mol. The summed E-state index contributed by atoms with van der Waals surface area (Å²) in [6.45, 7) is 0. The van der Waals surface area contributed by atoms with Gasteiger partial charge in [-0.05, 0) is 0 Å². The normalized spacial score (nSPS) is 17.9. The average molecular weight is 328 g/mol. The molecule has 0 saturated heterocycles. The van der Waals surface area contributed by atoms with Gasteiger partial charge >= 0.3 is 33.6 Å². The number of hydrogen-bond donors (Lipinski definition) is 0. The lowest BCUT2D eigenvalue weighted by atomic mass is 10.3. The summed E-state index contributed by atoms with van der Waals surface area (Å²) in [7, 11) is -6.99. The van der Waals surface area contributed by atoms with Crippen LogP contribution in [0, 0.1) is 0 Å². The molecule has 0 aromatic heterocycles. The molecule has 0 aliphatic carbocycles. The van der Waals surface area contributed by atoms with Gasteiger partial charge in [0, 0.05) is 0 Å². The van der Waals surface area contributed by atoms with Crippen molar-refractivity contribution in [3.8, 4) is 0 Å². The SMILES string of the molecule is O=CC(F)(OC(F)(F)C(F)(F)C(F)(F)F)S(=O)(=O)F. The van der Waals surface area contributed by atoms with Crippen LogP contribution < -0.4 is 0 Å². The molecule has 0 radical (unpaired) electrons. The predicted molar refractivity (Wildman–Crippen MR) is 37.0 cm³/mol. The number of alkyl halides is 8. The fourth-order valence-corrected chi connectivity index (χ4v) is 0.854. The first-order valence-electron chi connectivity index (χ1n) is 3.64. The molecule has 0 aliphatic rings. The smallest absolute Gasteiger partial charge is 0.296 e. The zero-order chi connectivity index (χ0) is 15.9. The van der Waals surface area contributed by atoms with Gasteiger partial charge in [-0.25, -0.2) is 0 Å². The quantitative estimate of drug-likeness (QED) is 0.439. The molecule has 4 nitrogen and oxygen atoms in total. The van der Waals surface area contributed by atoms with Gasteiger partial charge in [0.15, 0.2) is 0 Å². The molecule has 0 aromatic rings. The minimum Gasteiger partial charge on any atom is -0.296 e. The zero-order valence-electron chi connectivity index (χ0n) is 8.02. The molecule has 114 valence electrons. The largest absolute Gasteiger partial charge is 0.462 e. The summed E-state index contributed by atoms with van der Waals surface area (Å²) in [6.07, 6.45) is -15.7. The standard InChI is InChI=1S/C5HF9O4S/c6-2(1-15,19(14,16)17)18-5(12,13)3(7,8)4(9,10)11/h1H. The van der Waals surface area contributed by atoms with E-state index in [9.17, 15) is 52.2 Å². The first-order valence-corrected chi connectivity index (χ1v) is 5.02. The summed E-state index contributed by atoms with van der Waals surface area (Å²) in [5, 5.41) is -5.72. The van der Waals surface area contributed by atoms with E-state index in [0.29, 0.717) is 0 Å². The summed E-state index contributed by atoms with van der Waals surface area (Å²) < 4.78 is 130. The Morgan fingerprint density at radius 1 is 0.895 bits per heavy atom. The van der Waals surface area contributed by atoms with E-state index in [-0.39, 0.29) is 0 Å². The second-order valence-corrected chi connectivity index (χ2v) is 4.26. The summed E-state index contributed by atoms with van der Waals surface area (Å²) in [6, 6.07) is 0. The van der Waals surface area contributed by atoms with Crippen molar-refractivity contribution < 1.29 is 57.0 Å². The Morgan fingerprint density at radius 3 is 1.47 bits per heavy atom. The van der Waals surface area contributed by atoms with Crippen LogP contribution in [0.2, 0.25) is 0 Å². The van der Waals surface area contributed by atoms with Gasteiger partial charge in [0.25, 0.3) is 0 Å². The Bertz CT molecular complexity index is 454. The van der Waals surface area contributed by atoms with E-state index in [1.54, 1.807) is 0 Å². The third-order valence-electron chi connectivity index (χ3n) is 1.46. The minimum atomic E-state index is -7.08. The Kier molecular flexibility index (Phi) is 4.25. The van der Waals surface area contributed by atoms with Crippen molar-refractivity contribution in [3.05, 3.63) is 0 Å². The summed E-state index contributed by atoms with van der Waals surface area (Å²) >= 11 is 0. The maximum atomic E-state index is 12.7. The number of hydrogen-bond acceptors (Lipinski definition) is 4. The predicted octanol–water partition coefficient (Wildman–Crippen LogP) is 1.91. The molecular formula is C5HF9O4S. The minimum absolute atomic E-state index is 1.86. The highest BCUT2D eigenvalue weighted by Gasteiger charge is 2.77. The third kappa shape index (κ3) is 3.10. The maximum absolute atomic E-state index is 12.7. The van der Waals surface area contributed by atoms with E-state index in [1.807, 2.05) is 4.74 Å². The van der Waals surface area contributed by atoms with Gasteiger partial charge in [-0.3, -0.25) is 9.53 Å². The van der Waals surface area contributed by atoms with Crippen LogP contribution in [-0.4, -0.2) is 38.1 Å². The van der Waals surface area contributed by atoms with Crippen LogP contribution in [0.15, 0.2) is 0 Å². The Balaban J connectivity index is 5.68. The Morgan fingerprint density at radius 2 is 1.26 bits per heavy atom. The molecule has 0 rings (SSSR count). The molecule has 0 spiro atoms. The van der Waals surface area contributed by atoms with Crippen molar-refractivity contribution in [3.63, 3.8) is 0 Å². The first-order chi connectivity index (χ1) is 8.02. The first kappa shape index (κ1) is 17.9. The second-order valence-electron chi connectivity index (χ2n) is 2.83. The van der Waals surface area contributed by atoms with E-state index in [2.05, 4.69) is 0 Å². The van der Waals surface area contributed by atoms with Crippen LogP contribution in [0.5, 0.6) is 0 Å². The van der Waals surface area contributed by atoms with Crippen molar-refractivity contribution >= 4 is 16.5 Å². The fraction of sp³-hybridized carbons (Fsp3) is 0.800. The molecule has 0 N–H and O–H groups in total. The number of halogens is 9. The van der Waals surface area contributed by atoms with E-state index >= 15 is 0 Å². The summed E-state index contributed by atoms with van der Waals surface area (Å²) in [5.74, 6) is -7.08. The van der Waals surface area contributed by atoms with Crippen molar-refractivity contribution in [2.24, 2.45) is 0 Å². The summed E-state index contributed by atoms with van der Waals surface area (Å²) in [4.78, 5) is 9.75. The van der Waals surface area contributed by atoms with Crippen LogP contribution >= 0.6 is 0 Å². The van der Waals surface area contributed by atoms with Gasteiger partial charge in [0.1, 0.15) is 0 Å². The lowest BCUT2D eigenvalue weighted by Gasteiger charge is -2.29. The molecular weight excluding hydrogens is 327 g/mol. The zero-order valence-corrected chi connectivity index (χ0v) is 8.84. The highest BCUT2D eigenvalue weighted by Crippen LogP contribution is 2.49. The molecule has 0 aliphatic heterocycles. The molecule has 0 aromatic carbocycles. The van der Waals surface area contributed by atoms with Gasteiger partial charge < -0.3 is 0 Å². The number of ether oxygens (including phenoxy) is 1. The molecule has 14 heteroatoms. The van der Waals surface area contributed by atoms with E-state index < -0.39 is 39.9 Å². The van der Waals surface area contributed by atoms with Crippen molar-refractivity contribution in [1.82, 2.24) is 0 Å². The van der Waals surface area contributed by atoms with Gasteiger partial charge in [0.05, 0.1) is 0 Å². The van der Waals surface area contributed by atoms with Crippen LogP contribution in [-0.2, 0) is 19.8 Å². The second kappa shape index (κ2) is 4.50. The third-order valence-corrected chi connectivity index (χ3v) is 2.31. The van der Waals surface area contributed by atoms with Gasteiger partial charge in [-0.2, -0.15) is 43.5 Å². The molecule has 0 heterocycles. The number of aldehydes is 1. The molecule has 0 amide bonds. The highest BCUT2D eigenvalue weighted by molar-refractivity contribution is 7.88. The van der Waals surface area contributed by atoms with Gasteiger partial charge in [-0.1, -0.05) is 3.89 Å². The number of rotatable bonds is 5. The fourth-order valence-electron chi connectivity index (χ4n) is 0.535. The van der Waals surface area contributed by atoms with Crippen LogP contribution in [0.3, 0.4) is 0 Å². The maximum Gasteiger partial charge on any atom is 0.462 e. The molecule has 1 atom stereocenters. The molecule has 0 fully saturated rings. The Hall–Kier alpha value is -1.05. The van der Waals surface area contributed by atoms with Crippen LogP contribution in [0.4, 0.5) is 39.0 Å². The number of carbonyl (C=O) groups excluding carboxylic acids is 1. The van der Waals surface area contributed by atoms with E-state index in [1.165, 1.54) is 0 Å². The molecule has 0 saturated carbocycles. The average Bonchev–Trinajstić information content (AvgIpc) is 2.12. The summed E-state index contributed by atoms with van der Waals surface area (Å²) in [5.41, 5.74) is 0. The topological polar surface area (TPSA) is 60.4 Å². The van der Waals surface area contributed by atoms with Gasteiger partial charge in [-0.15, -0.1) is 0 Å². The van der Waals surface area contributed by atoms with Crippen molar-refractivity contribution in [2.75, 3.05) is 0 Å². The van der Waals surface area contributed by atoms with Gasteiger partial charge in [0.2, 0.25) is 6.29 Å². The van der Waals surface area contributed by atoms with Crippen LogP contribution in [0.1, 0.15) is 0 Å². The highest BCUT2D eigenvalue weighted by atomic mass is 32.3. The Labute approximate surface area is 97.9 Å². The molecule has 19 heavy (non-hydrogen) atoms. The van der Waals surface area contributed by atoms with E-state index in [0.717, 1.165) is 0 Å². The van der Waals surface area contributed by atoms with E-state index in [4.69, 9.17) is 0 Å². The lowest BCUT2D eigenvalue weighted by Crippen LogP contribution is -2.57. The van der Waals surface area contributed by atoms with Crippen LogP contribution in [0.25, 0.3) is 0 Å². The molecule has 1 unspecified atom stereocenters. The molecule has 0 bridgehead atoms.